The van der Waals surface area contributed by atoms with Crippen LogP contribution in [-0.2, 0) is 9.09 Å². The molecule has 1 aromatic heterocycles. The van der Waals surface area contributed by atoms with Crippen LogP contribution in [0.4, 0.5) is 0 Å². The van der Waals surface area contributed by atoms with Crippen molar-refractivity contribution in [3.05, 3.63) is 27.7 Å². The summed E-state index contributed by atoms with van der Waals surface area (Å²) >= 11 is 0. The lowest BCUT2D eigenvalue weighted by Gasteiger charge is -2.22. The lowest BCUT2D eigenvalue weighted by atomic mass is 9.86. The van der Waals surface area contributed by atoms with E-state index in [9.17, 15) is 9.36 Å². The van der Waals surface area contributed by atoms with E-state index in [1.807, 2.05) is 6.07 Å². The maximum Gasteiger partial charge on any atom is 0.472 e. The maximum atomic E-state index is 12.0. The highest BCUT2D eigenvalue weighted by Gasteiger charge is 2.19. The van der Waals surface area contributed by atoms with E-state index in [0.717, 1.165) is 18.5 Å². The van der Waals surface area contributed by atoms with Crippen molar-refractivity contribution < 1.29 is 23.6 Å². The highest BCUT2D eigenvalue weighted by molar-refractivity contribution is 7.46. The van der Waals surface area contributed by atoms with Gasteiger partial charge in [0, 0.05) is 5.69 Å². The van der Waals surface area contributed by atoms with Gasteiger partial charge in [0.05, 0.1) is 0 Å². The topological polar surface area (TPSA) is 109 Å². The molecule has 1 aliphatic rings. The third-order valence-corrected chi connectivity index (χ3v) is 4.11. The summed E-state index contributed by atoms with van der Waals surface area (Å²) in [5.74, 6) is 0.397. The Morgan fingerprint density at radius 1 is 1.33 bits per heavy atom. The maximum absolute atomic E-state index is 12.0. The lowest BCUT2D eigenvalue weighted by molar-refractivity contribution is 0.0811. The molecule has 0 bridgehead atoms. The number of aromatic nitrogens is 1. The smallest absolute Gasteiger partial charge is 0.461 e. The standard InChI is InChI=1S/C13H20NO6P/c1-9-7-11(10-5-3-2-4-6-10)14-13(15)12(9)19-8-20-21(16,17)18/h7,10H,2-6,8H2,1H3,(H,14,15)(H2,16,17,18). The van der Waals surface area contributed by atoms with Crippen molar-refractivity contribution in [2.75, 3.05) is 6.79 Å². The summed E-state index contributed by atoms with van der Waals surface area (Å²) in [4.78, 5) is 32.0. The number of rotatable bonds is 5. The fourth-order valence-electron chi connectivity index (χ4n) is 2.67. The molecule has 3 N–H and O–H groups in total. The van der Waals surface area contributed by atoms with Crippen LogP contribution in [0.1, 0.15) is 49.3 Å². The van der Waals surface area contributed by atoms with Gasteiger partial charge in [0.1, 0.15) is 0 Å². The van der Waals surface area contributed by atoms with Crippen LogP contribution in [0.15, 0.2) is 10.9 Å². The van der Waals surface area contributed by atoms with Gasteiger partial charge in [-0.05, 0) is 37.3 Å². The van der Waals surface area contributed by atoms with Crippen LogP contribution < -0.4 is 10.3 Å². The molecule has 0 saturated heterocycles. The zero-order chi connectivity index (χ0) is 15.5. The van der Waals surface area contributed by atoms with Gasteiger partial charge in [-0.3, -0.25) is 4.79 Å². The molecule has 0 aliphatic heterocycles. The third kappa shape index (κ3) is 4.68. The van der Waals surface area contributed by atoms with Gasteiger partial charge in [-0.1, -0.05) is 19.3 Å². The summed E-state index contributed by atoms with van der Waals surface area (Å²) < 4.78 is 19.8. The Kier molecular flexibility index (Phi) is 5.22. The molecular weight excluding hydrogens is 297 g/mol. The minimum Gasteiger partial charge on any atom is -0.461 e. The van der Waals surface area contributed by atoms with Gasteiger partial charge in [-0.2, -0.15) is 0 Å². The number of phosphoric ester groups is 1. The lowest BCUT2D eigenvalue weighted by Crippen LogP contribution is -2.18. The summed E-state index contributed by atoms with van der Waals surface area (Å²) in [7, 11) is -4.60. The van der Waals surface area contributed by atoms with Gasteiger partial charge in [0.25, 0.3) is 5.56 Å². The zero-order valence-corrected chi connectivity index (χ0v) is 12.8. The summed E-state index contributed by atoms with van der Waals surface area (Å²) in [6.45, 7) is 1.06. The van der Waals surface area contributed by atoms with Crippen molar-refractivity contribution in [3.8, 4) is 5.75 Å². The van der Waals surface area contributed by atoms with Crippen LogP contribution in [0.5, 0.6) is 5.75 Å². The molecular formula is C13H20NO6P. The molecule has 1 aromatic rings. The molecule has 21 heavy (non-hydrogen) atoms. The molecule has 0 radical (unpaired) electrons. The van der Waals surface area contributed by atoms with Gasteiger partial charge in [-0.15, -0.1) is 0 Å². The van der Waals surface area contributed by atoms with E-state index in [1.165, 1.54) is 19.3 Å². The molecule has 118 valence electrons. The number of hydrogen-bond acceptors (Lipinski definition) is 4. The van der Waals surface area contributed by atoms with E-state index < -0.39 is 20.2 Å². The number of phosphoric acid groups is 1. The summed E-state index contributed by atoms with van der Waals surface area (Å²) in [6.07, 6.45) is 5.70. The largest absolute Gasteiger partial charge is 0.472 e. The fraction of sp³-hybridized carbons (Fsp3) is 0.615. The normalized spacial score (nSPS) is 16.9. The number of pyridine rings is 1. The first-order chi connectivity index (χ1) is 9.87. The van der Waals surface area contributed by atoms with Crippen LogP contribution in [0.25, 0.3) is 0 Å². The van der Waals surface area contributed by atoms with E-state index >= 15 is 0 Å². The number of aryl methyl sites for hydroxylation is 1. The van der Waals surface area contributed by atoms with E-state index in [2.05, 4.69) is 9.51 Å². The van der Waals surface area contributed by atoms with Gasteiger partial charge in [0.2, 0.25) is 6.79 Å². The van der Waals surface area contributed by atoms with Crippen LogP contribution in [0.2, 0.25) is 0 Å². The average molecular weight is 317 g/mol. The predicted molar refractivity (Wildman–Crippen MR) is 76.2 cm³/mol. The predicted octanol–water partition coefficient (Wildman–Crippen LogP) is 2.18. The van der Waals surface area contributed by atoms with Crippen molar-refractivity contribution in [3.63, 3.8) is 0 Å². The van der Waals surface area contributed by atoms with Crippen LogP contribution >= 0.6 is 7.82 Å². The monoisotopic (exact) mass is 317 g/mol. The van der Waals surface area contributed by atoms with Crippen molar-refractivity contribution in [2.24, 2.45) is 0 Å². The average Bonchev–Trinajstić information content (AvgIpc) is 2.41. The molecule has 1 saturated carbocycles. The Morgan fingerprint density at radius 3 is 2.57 bits per heavy atom. The minimum atomic E-state index is -4.60. The zero-order valence-electron chi connectivity index (χ0n) is 11.9. The second-order valence-corrected chi connectivity index (χ2v) is 6.52. The Bertz CT molecular complexity index is 587. The molecule has 0 unspecified atom stereocenters. The first kappa shape index (κ1) is 16.2. The highest BCUT2D eigenvalue weighted by atomic mass is 31.2. The van der Waals surface area contributed by atoms with Gasteiger partial charge in [0.15, 0.2) is 5.75 Å². The number of nitrogens with one attached hydrogen (secondary N) is 1. The number of hydrogen-bond donors (Lipinski definition) is 3. The van der Waals surface area contributed by atoms with Crippen LogP contribution in [0, 0.1) is 6.92 Å². The number of aromatic amines is 1. The third-order valence-electron chi connectivity index (χ3n) is 3.66. The van der Waals surface area contributed by atoms with Gasteiger partial charge >= 0.3 is 7.82 Å². The molecule has 1 heterocycles. The van der Waals surface area contributed by atoms with E-state index in [4.69, 9.17) is 14.5 Å². The summed E-state index contributed by atoms with van der Waals surface area (Å²) in [6, 6.07) is 1.87. The number of ether oxygens (including phenoxy) is 1. The Hall–Kier alpha value is -1.14. The van der Waals surface area contributed by atoms with Crippen LogP contribution in [-0.4, -0.2) is 21.6 Å². The second kappa shape index (κ2) is 6.75. The number of H-pyrrole nitrogens is 1. The van der Waals surface area contributed by atoms with Crippen molar-refractivity contribution in [1.82, 2.24) is 4.98 Å². The Balaban J connectivity index is 2.10. The fourth-order valence-corrected chi connectivity index (χ4v) is 2.86. The van der Waals surface area contributed by atoms with Gasteiger partial charge < -0.3 is 19.5 Å². The molecule has 8 heteroatoms. The molecule has 1 aliphatic carbocycles. The molecule has 0 atom stereocenters. The summed E-state index contributed by atoms with van der Waals surface area (Å²) in [5, 5.41) is 0. The van der Waals surface area contributed by atoms with Gasteiger partial charge in [-0.25, -0.2) is 9.09 Å². The second-order valence-electron chi connectivity index (χ2n) is 5.28. The van der Waals surface area contributed by atoms with E-state index in [-0.39, 0.29) is 5.75 Å². The SMILES string of the molecule is Cc1cc(C2CCCCC2)[nH]c(=O)c1OCOP(=O)(O)O. The summed E-state index contributed by atoms with van der Waals surface area (Å²) in [5.41, 5.74) is 1.14. The molecule has 2 rings (SSSR count). The van der Waals surface area contributed by atoms with E-state index in [0.29, 0.717) is 11.5 Å². The first-order valence-electron chi connectivity index (χ1n) is 6.93. The van der Waals surface area contributed by atoms with Crippen LogP contribution in [0.3, 0.4) is 0 Å². The Morgan fingerprint density at radius 2 is 2.00 bits per heavy atom. The minimum absolute atomic E-state index is 0.0306. The van der Waals surface area contributed by atoms with Crippen molar-refractivity contribution in [2.45, 2.75) is 44.9 Å². The molecule has 7 nitrogen and oxygen atoms in total. The molecule has 0 aromatic carbocycles. The van der Waals surface area contributed by atoms with Crippen molar-refractivity contribution in [1.29, 1.82) is 0 Å². The molecule has 0 amide bonds. The molecule has 1 fully saturated rings. The Labute approximate surface area is 122 Å². The quantitative estimate of drug-likeness (QED) is 0.567. The van der Waals surface area contributed by atoms with Crippen molar-refractivity contribution >= 4 is 7.82 Å². The van der Waals surface area contributed by atoms with E-state index in [1.54, 1.807) is 6.92 Å². The molecule has 0 spiro atoms. The highest BCUT2D eigenvalue weighted by Crippen LogP contribution is 2.36. The first-order valence-corrected chi connectivity index (χ1v) is 8.46.